The summed E-state index contributed by atoms with van der Waals surface area (Å²) >= 11 is 0. The Balaban J connectivity index is 4.92. The van der Waals surface area contributed by atoms with Crippen molar-refractivity contribution in [3.8, 4) is 0 Å². The van der Waals surface area contributed by atoms with Crippen molar-refractivity contribution in [1.82, 2.24) is 0 Å². The van der Waals surface area contributed by atoms with Crippen LogP contribution >= 0.6 is 0 Å². The van der Waals surface area contributed by atoms with Crippen LogP contribution in [0, 0.1) is 5.92 Å². The van der Waals surface area contributed by atoms with Gasteiger partial charge in [-0.05, 0) is 24.5 Å². The number of rotatable bonds is 2. The molecule has 14 heavy (non-hydrogen) atoms. The van der Waals surface area contributed by atoms with Crippen molar-refractivity contribution in [3.63, 3.8) is 0 Å². The topological polar surface area (TPSA) is 52.0 Å². The summed E-state index contributed by atoms with van der Waals surface area (Å²) in [6.45, 7) is 5.11. The minimum absolute atomic E-state index is 0.00674. The van der Waals surface area contributed by atoms with E-state index >= 15 is 0 Å². The Labute approximate surface area is 81.5 Å². The Kier molecular flexibility index (Phi) is 4.04. The predicted molar refractivity (Wildman–Crippen MR) is 50.1 cm³/mol. The van der Waals surface area contributed by atoms with E-state index in [9.17, 15) is 13.2 Å². The maximum absolute atomic E-state index is 12.0. The average Bonchev–Trinajstić information content (AvgIpc) is 2.00. The molecule has 0 saturated heterocycles. The second-order valence-corrected chi connectivity index (χ2v) is 3.39. The van der Waals surface area contributed by atoms with Gasteiger partial charge in [-0.15, -0.1) is 0 Å². The molecule has 2 nitrogen and oxygen atoms in total. The summed E-state index contributed by atoms with van der Waals surface area (Å²) in [5.41, 5.74) is 10.0. The van der Waals surface area contributed by atoms with Gasteiger partial charge in [-0.1, -0.05) is 13.8 Å². The molecule has 5 heteroatoms. The van der Waals surface area contributed by atoms with E-state index in [1.807, 2.05) is 0 Å². The van der Waals surface area contributed by atoms with Gasteiger partial charge >= 0.3 is 6.18 Å². The summed E-state index contributed by atoms with van der Waals surface area (Å²) < 4.78 is 36.1. The van der Waals surface area contributed by atoms with E-state index < -0.39 is 11.9 Å². The lowest BCUT2D eigenvalue weighted by atomic mass is 10.1. The summed E-state index contributed by atoms with van der Waals surface area (Å²) in [7, 11) is 0. The van der Waals surface area contributed by atoms with E-state index in [1.165, 1.54) is 6.92 Å². The van der Waals surface area contributed by atoms with Gasteiger partial charge in [0.15, 0.2) is 0 Å². The highest BCUT2D eigenvalue weighted by Gasteiger charge is 2.31. The van der Waals surface area contributed by atoms with E-state index in [0.29, 0.717) is 11.3 Å². The normalized spacial score (nSPS) is 15.8. The zero-order valence-electron chi connectivity index (χ0n) is 8.44. The molecule has 0 rings (SSSR count). The van der Waals surface area contributed by atoms with Gasteiger partial charge in [0.2, 0.25) is 0 Å². The minimum Gasteiger partial charge on any atom is -0.402 e. The maximum atomic E-state index is 12.0. The fourth-order valence-corrected chi connectivity index (χ4v) is 0.854. The van der Waals surface area contributed by atoms with Crippen LogP contribution in [-0.2, 0) is 0 Å². The molecule has 0 saturated carbocycles. The van der Waals surface area contributed by atoms with E-state index in [0.717, 1.165) is 6.08 Å². The maximum Gasteiger partial charge on any atom is 0.430 e. The summed E-state index contributed by atoms with van der Waals surface area (Å²) in [6, 6.07) is 0. The lowest BCUT2D eigenvalue weighted by molar-refractivity contribution is -0.0926. The first kappa shape index (κ1) is 12.9. The van der Waals surface area contributed by atoms with Crippen molar-refractivity contribution in [2.45, 2.75) is 26.9 Å². The van der Waals surface area contributed by atoms with E-state index in [2.05, 4.69) is 0 Å². The molecule has 0 aliphatic heterocycles. The lowest BCUT2D eigenvalue weighted by Gasteiger charge is -2.10. The van der Waals surface area contributed by atoms with Crippen LogP contribution in [0.3, 0.4) is 0 Å². The summed E-state index contributed by atoms with van der Waals surface area (Å²) in [5.74, 6) is 0.00674. The number of alkyl halides is 3. The highest BCUT2D eigenvalue weighted by molar-refractivity contribution is 5.27. The summed E-state index contributed by atoms with van der Waals surface area (Å²) in [6.07, 6.45) is -3.63. The molecular formula is C9H15F3N2. The van der Waals surface area contributed by atoms with Gasteiger partial charge in [-0.2, -0.15) is 13.2 Å². The first-order valence-electron chi connectivity index (χ1n) is 4.17. The van der Waals surface area contributed by atoms with Gasteiger partial charge in [0, 0.05) is 5.70 Å². The molecule has 0 unspecified atom stereocenters. The second-order valence-electron chi connectivity index (χ2n) is 3.39. The fraction of sp³-hybridized carbons (Fsp3) is 0.556. The zero-order chi connectivity index (χ0) is 11.5. The van der Waals surface area contributed by atoms with Gasteiger partial charge in [-0.3, -0.25) is 0 Å². The Morgan fingerprint density at radius 3 is 1.93 bits per heavy atom. The third-order valence-corrected chi connectivity index (χ3v) is 1.78. The number of nitrogens with two attached hydrogens (primary N) is 2. The van der Waals surface area contributed by atoms with Crippen LogP contribution in [-0.4, -0.2) is 6.18 Å². The molecule has 0 aromatic carbocycles. The molecule has 4 N–H and O–H groups in total. The third-order valence-electron chi connectivity index (χ3n) is 1.78. The van der Waals surface area contributed by atoms with Crippen LogP contribution < -0.4 is 11.5 Å². The Morgan fingerprint density at radius 2 is 1.64 bits per heavy atom. The molecule has 0 atom stereocenters. The van der Waals surface area contributed by atoms with E-state index in [1.54, 1.807) is 13.8 Å². The van der Waals surface area contributed by atoms with E-state index in [-0.39, 0.29) is 5.92 Å². The molecular weight excluding hydrogens is 193 g/mol. The van der Waals surface area contributed by atoms with Crippen molar-refractivity contribution < 1.29 is 13.2 Å². The molecule has 0 aliphatic rings. The highest BCUT2D eigenvalue weighted by Crippen LogP contribution is 2.23. The monoisotopic (exact) mass is 208 g/mol. The van der Waals surface area contributed by atoms with Crippen LogP contribution in [0.25, 0.3) is 0 Å². The fourth-order valence-electron chi connectivity index (χ4n) is 0.854. The Bertz CT molecular complexity index is 262. The van der Waals surface area contributed by atoms with Crippen molar-refractivity contribution in [3.05, 3.63) is 23.0 Å². The lowest BCUT2D eigenvalue weighted by Crippen LogP contribution is -2.20. The molecule has 0 amide bonds. The van der Waals surface area contributed by atoms with Crippen LogP contribution in [0.15, 0.2) is 23.0 Å². The van der Waals surface area contributed by atoms with Crippen molar-refractivity contribution in [2.24, 2.45) is 17.4 Å². The third kappa shape index (κ3) is 3.72. The zero-order valence-corrected chi connectivity index (χ0v) is 8.44. The molecule has 0 fully saturated rings. The standard InChI is InChI=1S/C9H15F3N2/c1-5(2)8(14)6(3)4-7(13)9(10,11)12/h4-5H,13-14H2,1-3H3/b7-4-,8-6-. The molecule has 0 aromatic heterocycles. The van der Waals surface area contributed by atoms with Crippen molar-refractivity contribution >= 4 is 0 Å². The molecule has 0 spiro atoms. The van der Waals surface area contributed by atoms with Crippen LogP contribution in [0.5, 0.6) is 0 Å². The number of allylic oxidation sites excluding steroid dienone is 4. The molecule has 0 heterocycles. The van der Waals surface area contributed by atoms with Gasteiger partial charge < -0.3 is 11.5 Å². The molecule has 82 valence electrons. The predicted octanol–water partition coefficient (Wildman–Crippen LogP) is 2.28. The van der Waals surface area contributed by atoms with E-state index in [4.69, 9.17) is 11.5 Å². The Hall–Kier alpha value is -1.13. The van der Waals surface area contributed by atoms with Crippen LogP contribution in [0.1, 0.15) is 20.8 Å². The van der Waals surface area contributed by atoms with Gasteiger partial charge in [0.05, 0.1) is 0 Å². The molecule has 0 aliphatic carbocycles. The minimum atomic E-state index is -4.49. The van der Waals surface area contributed by atoms with Crippen molar-refractivity contribution in [2.75, 3.05) is 0 Å². The smallest absolute Gasteiger partial charge is 0.402 e. The Morgan fingerprint density at radius 1 is 1.21 bits per heavy atom. The van der Waals surface area contributed by atoms with Crippen molar-refractivity contribution in [1.29, 1.82) is 0 Å². The number of hydrogen-bond acceptors (Lipinski definition) is 2. The first-order chi connectivity index (χ1) is 6.16. The molecule has 0 bridgehead atoms. The van der Waals surface area contributed by atoms with Gasteiger partial charge in [-0.25, -0.2) is 0 Å². The molecule has 0 aromatic rings. The second kappa shape index (κ2) is 4.39. The van der Waals surface area contributed by atoms with Crippen LogP contribution in [0.4, 0.5) is 13.2 Å². The summed E-state index contributed by atoms with van der Waals surface area (Å²) in [5, 5.41) is 0. The SMILES string of the molecule is CC(/C=C(\N)C(F)(F)F)=C(/N)C(C)C. The number of hydrogen-bond donors (Lipinski definition) is 2. The largest absolute Gasteiger partial charge is 0.430 e. The average molecular weight is 208 g/mol. The highest BCUT2D eigenvalue weighted by atomic mass is 19.4. The summed E-state index contributed by atoms with van der Waals surface area (Å²) in [4.78, 5) is 0. The van der Waals surface area contributed by atoms with Crippen LogP contribution in [0.2, 0.25) is 0 Å². The molecule has 0 radical (unpaired) electrons. The number of halogens is 3. The van der Waals surface area contributed by atoms with Gasteiger partial charge in [0.25, 0.3) is 0 Å². The van der Waals surface area contributed by atoms with Gasteiger partial charge in [0.1, 0.15) is 5.70 Å². The quantitative estimate of drug-likeness (QED) is 0.684. The first-order valence-corrected chi connectivity index (χ1v) is 4.17.